The number of aliphatic hydroxyl groups excluding tert-OH is 1. The Morgan fingerprint density at radius 1 is 1.45 bits per heavy atom. The van der Waals surface area contributed by atoms with Gasteiger partial charge in [-0.2, -0.15) is 0 Å². The Morgan fingerprint density at radius 2 is 2.10 bits per heavy atom. The highest BCUT2D eigenvalue weighted by Gasteiger charge is 2.14. The maximum Gasteiger partial charge on any atom is 0.222 e. The van der Waals surface area contributed by atoms with Gasteiger partial charge in [0.1, 0.15) is 0 Å². The lowest BCUT2D eigenvalue weighted by Crippen LogP contribution is -2.34. The van der Waals surface area contributed by atoms with E-state index in [4.69, 9.17) is 10.5 Å². The molecule has 1 aromatic rings. The Hall–Kier alpha value is -1.14. The molecule has 2 unspecified atom stereocenters. The minimum absolute atomic E-state index is 0. The van der Waals surface area contributed by atoms with Gasteiger partial charge in [-0.25, -0.2) is 0 Å². The highest BCUT2D eigenvalue weighted by atomic mass is 35.5. The fourth-order valence-corrected chi connectivity index (χ4v) is 1.82. The lowest BCUT2D eigenvalue weighted by atomic mass is 10.0. The van der Waals surface area contributed by atoms with Gasteiger partial charge >= 0.3 is 0 Å². The van der Waals surface area contributed by atoms with Crippen molar-refractivity contribution in [3.05, 3.63) is 35.4 Å². The lowest BCUT2D eigenvalue weighted by Gasteiger charge is -2.16. The summed E-state index contributed by atoms with van der Waals surface area (Å²) in [5, 5.41) is 12.7. The summed E-state index contributed by atoms with van der Waals surface area (Å²) in [6.45, 7) is 2.41. The number of methoxy groups -OCH3 is 1. The largest absolute Gasteiger partial charge is 0.387 e. The zero-order valence-corrected chi connectivity index (χ0v) is 12.7. The minimum atomic E-state index is -0.705. The Balaban J connectivity index is 0.00000361. The Labute approximate surface area is 125 Å². The molecule has 114 valence electrons. The van der Waals surface area contributed by atoms with Gasteiger partial charge in [-0.1, -0.05) is 24.3 Å². The van der Waals surface area contributed by atoms with Gasteiger partial charge < -0.3 is 20.9 Å². The molecule has 0 aliphatic rings. The molecule has 0 aliphatic carbocycles. The van der Waals surface area contributed by atoms with Crippen LogP contribution in [-0.4, -0.2) is 37.3 Å². The van der Waals surface area contributed by atoms with Crippen molar-refractivity contribution < 1.29 is 14.6 Å². The molecule has 0 aromatic heterocycles. The summed E-state index contributed by atoms with van der Waals surface area (Å²) in [6, 6.07) is 7.55. The molecule has 0 fully saturated rings. The molecule has 1 amide bonds. The summed E-state index contributed by atoms with van der Waals surface area (Å²) in [4.78, 5) is 11.6. The van der Waals surface area contributed by atoms with Crippen molar-refractivity contribution in [1.29, 1.82) is 0 Å². The summed E-state index contributed by atoms with van der Waals surface area (Å²) >= 11 is 0. The molecule has 0 spiro atoms. The highest BCUT2D eigenvalue weighted by Crippen LogP contribution is 2.16. The molecule has 1 aromatic carbocycles. The average Bonchev–Trinajstić information content (AvgIpc) is 2.42. The fourth-order valence-electron chi connectivity index (χ4n) is 1.82. The standard InChI is InChI=1S/C14H22N2O3.ClH/c1-10-5-3-4-6-12(10)13(17)9-16-14(18)7-11(8-15)19-2;/h3-6,11,13,17H,7-9,15H2,1-2H3,(H,16,18);1H. The summed E-state index contributed by atoms with van der Waals surface area (Å²) in [5.74, 6) is -0.176. The molecule has 6 heteroatoms. The van der Waals surface area contributed by atoms with Crippen LogP contribution in [0.15, 0.2) is 24.3 Å². The van der Waals surface area contributed by atoms with Gasteiger partial charge in [-0.3, -0.25) is 4.79 Å². The quantitative estimate of drug-likeness (QED) is 0.699. The number of carbonyl (C=O) groups excluding carboxylic acids is 1. The number of nitrogens with two attached hydrogens (primary N) is 1. The third-order valence-electron chi connectivity index (χ3n) is 3.05. The molecule has 0 saturated carbocycles. The van der Waals surface area contributed by atoms with Crippen LogP contribution < -0.4 is 11.1 Å². The fraction of sp³-hybridized carbons (Fsp3) is 0.500. The SMILES string of the molecule is COC(CN)CC(=O)NCC(O)c1ccccc1C.Cl. The minimum Gasteiger partial charge on any atom is -0.387 e. The number of amides is 1. The highest BCUT2D eigenvalue weighted by molar-refractivity contribution is 5.85. The number of rotatable bonds is 7. The second-order valence-electron chi connectivity index (χ2n) is 4.47. The normalized spacial score (nSPS) is 13.2. The first-order valence-electron chi connectivity index (χ1n) is 6.31. The van der Waals surface area contributed by atoms with Gasteiger partial charge in [0.2, 0.25) is 5.91 Å². The van der Waals surface area contributed by atoms with Crippen molar-refractivity contribution in [2.45, 2.75) is 25.6 Å². The van der Waals surface area contributed by atoms with Gasteiger partial charge in [0.05, 0.1) is 18.6 Å². The van der Waals surface area contributed by atoms with Crippen molar-refractivity contribution in [3.8, 4) is 0 Å². The molecule has 1 rings (SSSR count). The molecular formula is C14H23ClN2O3. The van der Waals surface area contributed by atoms with Crippen LogP contribution >= 0.6 is 12.4 Å². The number of ether oxygens (including phenoxy) is 1. The van der Waals surface area contributed by atoms with Crippen LogP contribution in [-0.2, 0) is 9.53 Å². The van der Waals surface area contributed by atoms with E-state index in [0.29, 0.717) is 6.54 Å². The predicted octanol–water partition coefficient (Wildman–Crippen LogP) is 0.930. The molecule has 0 radical (unpaired) electrons. The van der Waals surface area contributed by atoms with Crippen LogP contribution in [0.1, 0.15) is 23.7 Å². The van der Waals surface area contributed by atoms with Gasteiger partial charge in [0.25, 0.3) is 0 Å². The number of halogens is 1. The van der Waals surface area contributed by atoms with E-state index < -0.39 is 6.10 Å². The Bertz CT molecular complexity index is 411. The maximum atomic E-state index is 11.6. The first kappa shape index (κ1) is 18.9. The Morgan fingerprint density at radius 3 is 2.65 bits per heavy atom. The molecule has 0 saturated heterocycles. The second kappa shape index (κ2) is 9.72. The first-order valence-corrected chi connectivity index (χ1v) is 6.31. The van der Waals surface area contributed by atoms with Gasteiger partial charge in [-0.05, 0) is 18.1 Å². The van der Waals surface area contributed by atoms with Crippen LogP contribution in [0.4, 0.5) is 0 Å². The average molecular weight is 303 g/mol. The predicted molar refractivity (Wildman–Crippen MR) is 80.9 cm³/mol. The van der Waals surface area contributed by atoms with E-state index in [9.17, 15) is 9.90 Å². The first-order chi connectivity index (χ1) is 9.08. The maximum absolute atomic E-state index is 11.6. The number of hydrogen-bond donors (Lipinski definition) is 3. The van der Waals surface area contributed by atoms with E-state index in [2.05, 4.69) is 5.32 Å². The molecule has 4 N–H and O–H groups in total. The number of aryl methyl sites for hydroxylation is 1. The number of aliphatic hydroxyl groups is 1. The molecule has 0 heterocycles. The van der Waals surface area contributed by atoms with E-state index >= 15 is 0 Å². The van der Waals surface area contributed by atoms with Crippen molar-refractivity contribution in [2.24, 2.45) is 5.73 Å². The zero-order valence-electron chi connectivity index (χ0n) is 11.8. The van der Waals surface area contributed by atoms with E-state index in [1.54, 1.807) is 0 Å². The van der Waals surface area contributed by atoms with Crippen molar-refractivity contribution in [2.75, 3.05) is 20.2 Å². The lowest BCUT2D eigenvalue weighted by molar-refractivity contribution is -0.123. The van der Waals surface area contributed by atoms with Crippen molar-refractivity contribution in [1.82, 2.24) is 5.32 Å². The summed E-state index contributed by atoms with van der Waals surface area (Å²) in [6.07, 6.45) is -0.785. The molecule has 5 nitrogen and oxygen atoms in total. The van der Waals surface area contributed by atoms with Crippen LogP contribution in [0.2, 0.25) is 0 Å². The van der Waals surface area contributed by atoms with E-state index in [-0.39, 0.29) is 37.4 Å². The smallest absolute Gasteiger partial charge is 0.222 e. The van der Waals surface area contributed by atoms with Gasteiger partial charge in [-0.15, -0.1) is 12.4 Å². The van der Waals surface area contributed by atoms with Crippen LogP contribution in [0.3, 0.4) is 0 Å². The number of carbonyl (C=O) groups is 1. The molecular weight excluding hydrogens is 280 g/mol. The number of hydrogen-bond acceptors (Lipinski definition) is 4. The van der Waals surface area contributed by atoms with Crippen LogP contribution in [0.25, 0.3) is 0 Å². The van der Waals surface area contributed by atoms with Crippen LogP contribution in [0, 0.1) is 6.92 Å². The van der Waals surface area contributed by atoms with E-state index in [1.807, 2.05) is 31.2 Å². The third-order valence-corrected chi connectivity index (χ3v) is 3.05. The van der Waals surface area contributed by atoms with E-state index in [1.165, 1.54) is 7.11 Å². The van der Waals surface area contributed by atoms with Crippen molar-refractivity contribution in [3.63, 3.8) is 0 Å². The molecule has 0 aliphatic heterocycles. The summed E-state index contributed by atoms with van der Waals surface area (Å²) in [7, 11) is 1.52. The Kier molecular flexibility index (Phi) is 9.16. The van der Waals surface area contributed by atoms with Gasteiger partial charge in [0.15, 0.2) is 0 Å². The molecule has 2 atom stereocenters. The van der Waals surface area contributed by atoms with Gasteiger partial charge in [0, 0.05) is 20.2 Å². The molecule has 20 heavy (non-hydrogen) atoms. The summed E-state index contributed by atoms with van der Waals surface area (Å²) < 4.78 is 5.03. The number of nitrogens with one attached hydrogen (secondary N) is 1. The van der Waals surface area contributed by atoms with Crippen molar-refractivity contribution >= 4 is 18.3 Å². The zero-order chi connectivity index (χ0) is 14.3. The number of benzene rings is 1. The van der Waals surface area contributed by atoms with E-state index in [0.717, 1.165) is 11.1 Å². The van der Waals surface area contributed by atoms with Crippen LogP contribution in [0.5, 0.6) is 0 Å². The topological polar surface area (TPSA) is 84.6 Å². The molecule has 0 bridgehead atoms. The third kappa shape index (κ3) is 5.88. The summed E-state index contributed by atoms with van der Waals surface area (Å²) in [5.41, 5.74) is 7.27. The second-order valence-corrected chi connectivity index (χ2v) is 4.47. The monoisotopic (exact) mass is 302 g/mol.